The van der Waals surface area contributed by atoms with Crippen LogP contribution in [0.5, 0.6) is 0 Å². The van der Waals surface area contributed by atoms with E-state index in [9.17, 15) is 0 Å². The molecule has 0 amide bonds. The third-order valence-corrected chi connectivity index (χ3v) is 10.3. The number of rotatable bonds is 2. The van der Waals surface area contributed by atoms with Crippen LogP contribution in [0.1, 0.15) is 0 Å². The van der Waals surface area contributed by atoms with Crippen LogP contribution in [-0.4, -0.2) is 4.57 Å². The summed E-state index contributed by atoms with van der Waals surface area (Å²) in [5.74, 6) is 0. The summed E-state index contributed by atoms with van der Waals surface area (Å²) in [7, 11) is 0. The molecule has 42 heavy (non-hydrogen) atoms. The number of aromatic nitrogens is 1. The van der Waals surface area contributed by atoms with Gasteiger partial charge in [0.15, 0.2) is 0 Å². The van der Waals surface area contributed by atoms with Crippen LogP contribution in [0.2, 0.25) is 0 Å². The van der Waals surface area contributed by atoms with Gasteiger partial charge in [0.1, 0.15) is 0 Å². The molecule has 2 heteroatoms. The fourth-order valence-electron chi connectivity index (χ4n) is 7.24. The summed E-state index contributed by atoms with van der Waals surface area (Å²) in [6, 6.07) is 51.7. The molecule has 7 aromatic carbocycles. The molecule has 2 heterocycles. The zero-order valence-electron chi connectivity index (χ0n) is 22.6. The minimum atomic E-state index is 1.18. The normalized spacial score (nSPS) is 12.3. The fraction of sp³-hybridized carbons (Fsp3) is 0. The van der Waals surface area contributed by atoms with Crippen molar-refractivity contribution in [1.29, 1.82) is 0 Å². The van der Waals surface area contributed by atoms with Crippen LogP contribution in [0.3, 0.4) is 0 Å². The van der Waals surface area contributed by atoms with Gasteiger partial charge in [0.2, 0.25) is 0 Å². The fourth-order valence-corrected chi connectivity index (χ4v) is 8.37. The van der Waals surface area contributed by atoms with Crippen molar-refractivity contribution >= 4 is 64.1 Å². The molecule has 10 rings (SSSR count). The van der Waals surface area contributed by atoms with Crippen LogP contribution >= 0.6 is 11.3 Å². The van der Waals surface area contributed by atoms with E-state index in [0.29, 0.717) is 0 Å². The highest BCUT2D eigenvalue weighted by molar-refractivity contribution is 7.25. The number of benzene rings is 7. The van der Waals surface area contributed by atoms with E-state index in [1.807, 2.05) is 11.3 Å². The molecule has 1 aliphatic carbocycles. The lowest BCUT2D eigenvalue weighted by Gasteiger charge is -2.11. The van der Waals surface area contributed by atoms with Crippen molar-refractivity contribution in [3.05, 3.63) is 140 Å². The van der Waals surface area contributed by atoms with Crippen LogP contribution in [0.25, 0.3) is 91.8 Å². The zero-order valence-corrected chi connectivity index (χ0v) is 23.5. The topological polar surface area (TPSA) is 4.93 Å². The molecule has 0 unspecified atom stereocenters. The first-order valence-electron chi connectivity index (χ1n) is 14.4. The molecule has 2 aromatic heterocycles. The summed E-state index contributed by atoms with van der Waals surface area (Å²) in [4.78, 5) is 0. The zero-order chi connectivity index (χ0) is 27.4. The number of fused-ring (bicyclic) bond motifs is 9. The smallest absolute Gasteiger partial charge is 0.0548 e. The van der Waals surface area contributed by atoms with Crippen molar-refractivity contribution in [3.8, 4) is 39.1 Å². The van der Waals surface area contributed by atoms with Crippen LogP contribution in [-0.2, 0) is 0 Å². The first-order chi connectivity index (χ1) is 20.8. The summed E-state index contributed by atoms with van der Waals surface area (Å²) in [5, 5.41) is 7.95. The van der Waals surface area contributed by atoms with Gasteiger partial charge >= 0.3 is 0 Å². The first-order valence-corrected chi connectivity index (χ1v) is 15.3. The van der Waals surface area contributed by atoms with E-state index >= 15 is 0 Å². The SMILES string of the molecule is c1cc2c3c(cccc3c1)-c1cc(-c3ccc(-n4c5ccccc5c5cc6sc7ccccc7c6cc54)cc3)ccc1-2. The van der Waals surface area contributed by atoms with E-state index in [1.165, 1.54) is 91.8 Å². The molecule has 1 aliphatic rings. The maximum Gasteiger partial charge on any atom is 0.0548 e. The molecule has 0 N–H and O–H groups in total. The molecule has 0 atom stereocenters. The standard InChI is InChI=1S/C40H23NS/c1-3-13-36-29(9-1)34-23-39-35(30-10-2-4-14-38(30)42-39)22-37(34)41(36)27-18-15-24(16-19-27)26-17-20-28-31-11-5-7-25-8-6-12-32(40(25)31)33(28)21-26/h1-23H. The van der Waals surface area contributed by atoms with E-state index in [1.54, 1.807) is 0 Å². The maximum atomic E-state index is 2.43. The van der Waals surface area contributed by atoms with Gasteiger partial charge in [-0.1, -0.05) is 97.1 Å². The van der Waals surface area contributed by atoms with Crippen LogP contribution < -0.4 is 0 Å². The van der Waals surface area contributed by atoms with Crippen molar-refractivity contribution in [1.82, 2.24) is 4.57 Å². The first kappa shape index (κ1) is 22.5. The van der Waals surface area contributed by atoms with Crippen LogP contribution in [0, 0.1) is 0 Å². The van der Waals surface area contributed by atoms with E-state index in [0.717, 1.165) is 0 Å². The Morgan fingerprint density at radius 1 is 0.405 bits per heavy atom. The number of hydrogen-bond acceptors (Lipinski definition) is 1. The van der Waals surface area contributed by atoms with Gasteiger partial charge in [0.05, 0.1) is 11.0 Å². The van der Waals surface area contributed by atoms with E-state index < -0.39 is 0 Å². The Morgan fingerprint density at radius 2 is 1.14 bits per heavy atom. The quantitative estimate of drug-likeness (QED) is 0.202. The Hall–Kier alpha value is -5.18. The Labute approximate surface area is 246 Å². The van der Waals surface area contributed by atoms with E-state index in [4.69, 9.17) is 0 Å². The van der Waals surface area contributed by atoms with Crippen LogP contribution in [0.4, 0.5) is 0 Å². The molecule has 0 saturated heterocycles. The number of nitrogens with zero attached hydrogens (tertiary/aromatic N) is 1. The molecule has 0 saturated carbocycles. The predicted molar refractivity (Wildman–Crippen MR) is 181 cm³/mol. The Morgan fingerprint density at radius 3 is 2.00 bits per heavy atom. The van der Waals surface area contributed by atoms with Crippen molar-refractivity contribution in [2.45, 2.75) is 0 Å². The van der Waals surface area contributed by atoms with E-state index in [-0.39, 0.29) is 0 Å². The molecule has 0 bridgehead atoms. The Balaban J connectivity index is 1.14. The van der Waals surface area contributed by atoms with Gasteiger partial charge in [-0.25, -0.2) is 0 Å². The van der Waals surface area contributed by atoms with Gasteiger partial charge in [0, 0.05) is 36.6 Å². The summed E-state index contributed by atoms with van der Waals surface area (Å²) >= 11 is 1.88. The van der Waals surface area contributed by atoms with Crippen molar-refractivity contribution < 1.29 is 0 Å². The van der Waals surface area contributed by atoms with Gasteiger partial charge in [0.25, 0.3) is 0 Å². The number of thiophene rings is 1. The molecular weight excluding hydrogens is 527 g/mol. The molecule has 9 aromatic rings. The predicted octanol–water partition coefficient (Wildman–Crippen LogP) is 11.6. The third kappa shape index (κ3) is 2.97. The van der Waals surface area contributed by atoms with Crippen molar-refractivity contribution in [2.24, 2.45) is 0 Å². The highest BCUT2D eigenvalue weighted by Gasteiger charge is 2.21. The average molecular weight is 550 g/mol. The molecule has 0 radical (unpaired) electrons. The summed E-state index contributed by atoms with van der Waals surface area (Å²) in [5.41, 5.74) is 11.5. The number of para-hydroxylation sites is 1. The minimum Gasteiger partial charge on any atom is -0.309 e. The van der Waals surface area contributed by atoms with Gasteiger partial charge in [-0.2, -0.15) is 0 Å². The highest BCUT2D eigenvalue weighted by atomic mass is 32.1. The maximum absolute atomic E-state index is 2.43. The second-order valence-corrected chi connectivity index (χ2v) is 12.4. The molecule has 1 nitrogen and oxygen atoms in total. The largest absolute Gasteiger partial charge is 0.309 e. The molecule has 0 aliphatic heterocycles. The van der Waals surface area contributed by atoms with Gasteiger partial charge < -0.3 is 4.57 Å². The lowest BCUT2D eigenvalue weighted by molar-refractivity contribution is 1.18. The lowest BCUT2D eigenvalue weighted by atomic mass is 9.97. The van der Waals surface area contributed by atoms with Crippen LogP contribution in [0.15, 0.2) is 140 Å². The van der Waals surface area contributed by atoms with Gasteiger partial charge in [-0.05, 0) is 86.6 Å². The molecule has 194 valence electrons. The third-order valence-electron chi connectivity index (χ3n) is 9.13. The Kier molecular flexibility index (Phi) is 4.39. The molecule has 0 spiro atoms. The number of hydrogen-bond donors (Lipinski definition) is 0. The monoisotopic (exact) mass is 549 g/mol. The summed E-state index contributed by atoms with van der Waals surface area (Å²) < 4.78 is 5.12. The Bertz CT molecular complexity index is 2560. The van der Waals surface area contributed by atoms with Crippen molar-refractivity contribution in [2.75, 3.05) is 0 Å². The molecular formula is C40H23NS. The average Bonchev–Trinajstić information content (AvgIpc) is 3.69. The summed E-state index contributed by atoms with van der Waals surface area (Å²) in [6.07, 6.45) is 0. The second-order valence-electron chi connectivity index (χ2n) is 11.3. The van der Waals surface area contributed by atoms with Crippen molar-refractivity contribution in [3.63, 3.8) is 0 Å². The highest BCUT2D eigenvalue weighted by Crippen LogP contribution is 2.48. The van der Waals surface area contributed by atoms with Gasteiger partial charge in [-0.15, -0.1) is 11.3 Å². The minimum absolute atomic E-state index is 1.18. The summed E-state index contributed by atoms with van der Waals surface area (Å²) in [6.45, 7) is 0. The van der Waals surface area contributed by atoms with E-state index in [2.05, 4.69) is 144 Å². The second kappa shape index (κ2) is 8.19. The lowest BCUT2D eigenvalue weighted by Crippen LogP contribution is -1.93. The molecule has 0 fully saturated rings. The van der Waals surface area contributed by atoms with Gasteiger partial charge in [-0.3, -0.25) is 0 Å².